The van der Waals surface area contributed by atoms with E-state index < -0.39 is 0 Å². The Labute approximate surface area is 96.0 Å². The number of carbonyl (C=O) groups excluding carboxylic acids is 1. The van der Waals surface area contributed by atoms with E-state index in [0.717, 1.165) is 11.4 Å². The highest BCUT2D eigenvalue weighted by Gasteiger charge is 2.17. The molecule has 0 saturated heterocycles. The molecule has 4 heteroatoms. The van der Waals surface area contributed by atoms with Gasteiger partial charge >= 0.3 is 0 Å². The van der Waals surface area contributed by atoms with Gasteiger partial charge in [-0.3, -0.25) is 4.79 Å². The van der Waals surface area contributed by atoms with Crippen LogP contribution in [-0.4, -0.2) is 26.6 Å². The van der Waals surface area contributed by atoms with Gasteiger partial charge in [-0.2, -0.15) is 0 Å². The molecule has 1 aromatic rings. The Kier molecular flexibility index (Phi) is 4.31. The first-order valence-electron chi connectivity index (χ1n) is 5.21. The molecule has 4 nitrogen and oxygen atoms in total. The molecule has 0 aliphatic rings. The third-order valence-corrected chi connectivity index (χ3v) is 2.55. The number of ether oxygens (including phenoxy) is 1. The minimum atomic E-state index is -0.170. The van der Waals surface area contributed by atoms with Crippen LogP contribution in [0, 0.1) is 5.92 Å². The first-order chi connectivity index (χ1) is 7.60. The molecule has 2 N–H and O–H groups in total. The van der Waals surface area contributed by atoms with Crippen LogP contribution in [0.2, 0.25) is 0 Å². The van der Waals surface area contributed by atoms with Gasteiger partial charge in [0, 0.05) is 31.3 Å². The number of carbonyl (C=O) groups is 1. The largest absolute Gasteiger partial charge is 0.497 e. The van der Waals surface area contributed by atoms with Crippen molar-refractivity contribution >= 4 is 11.6 Å². The highest BCUT2D eigenvalue weighted by Crippen LogP contribution is 2.20. The lowest BCUT2D eigenvalue weighted by atomic mass is 10.1. The van der Waals surface area contributed by atoms with Gasteiger partial charge in [-0.05, 0) is 12.1 Å². The van der Waals surface area contributed by atoms with Crippen molar-refractivity contribution in [3.05, 3.63) is 24.3 Å². The Morgan fingerprint density at radius 1 is 1.56 bits per heavy atom. The number of hydrogen-bond acceptors (Lipinski definition) is 3. The van der Waals surface area contributed by atoms with E-state index in [0.29, 0.717) is 6.54 Å². The maximum absolute atomic E-state index is 11.9. The third-order valence-electron chi connectivity index (χ3n) is 2.55. The van der Waals surface area contributed by atoms with E-state index in [-0.39, 0.29) is 11.8 Å². The van der Waals surface area contributed by atoms with Crippen LogP contribution in [0.5, 0.6) is 5.75 Å². The summed E-state index contributed by atoms with van der Waals surface area (Å²) in [7, 11) is 3.34. The smallest absolute Gasteiger partial charge is 0.230 e. The predicted octanol–water partition coefficient (Wildman–Crippen LogP) is 1.25. The number of nitrogens with two attached hydrogens (primary N) is 1. The lowest BCUT2D eigenvalue weighted by Crippen LogP contribution is -2.35. The predicted molar refractivity (Wildman–Crippen MR) is 64.6 cm³/mol. The second-order valence-electron chi connectivity index (χ2n) is 3.74. The molecule has 0 spiro atoms. The first kappa shape index (κ1) is 12.5. The number of methoxy groups -OCH3 is 1. The SMILES string of the molecule is COc1cccc(N(C)C(=O)C(C)CN)c1. The number of anilines is 1. The summed E-state index contributed by atoms with van der Waals surface area (Å²) in [5.41, 5.74) is 6.28. The molecule has 0 aliphatic carbocycles. The lowest BCUT2D eigenvalue weighted by molar-refractivity contribution is -0.121. The van der Waals surface area contributed by atoms with Crippen LogP contribution >= 0.6 is 0 Å². The van der Waals surface area contributed by atoms with Crippen LogP contribution in [-0.2, 0) is 4.79 Å². The molecule has 0 bridgehead atoms. The molecule has 0 fully saturated rings. The molecule has 0 heterocycles. The Hall–Kier alpha value is -1.55. The summed E-state index contributed by atoms with van der Waals surface area (Å²) in [6.45, 7) is 2.17. The van der Waals surface area contributed by atoms with Gasteiger partial charge in [0.15, 0.2) is 0 Å². The van der Waals surface area contributed by atoms with Gasteiger partial charge in [0.05, 0.1) is 7.11 Å². The highest BCUT2D eigenvalue weighted by molar-refractivity contribution is 5.94. The topological polar surface area (TPSA) is 55.6 Å². The van der Waals surface area contributed by atoms with Crippen molar-refractivity contribution < 1.29 is 9.53 Å². The van der Waals surface area contributed by atoms with Crippen molar-refractivity contribution in [3.8, 4) is 5.75 Å². The molecule has 0 aromatic heterocycles. The fourth-order valence-electron chi connectivity index (χ4n) is 1.38. The van der Waals surface area contributed by atoms with Gasteiger partial charge in [0.25, 0.3) is 0 Å². The van der Waals surface area contributed by atoms with E-state index in [1.807, 2.05) is 31.2 Å². The summed E-state index contributed by atoms with van der Waals surface area (Å²) >= 11 is 0. The van der Waals surface area contributed by atoms with Gasteiger partial charge < -0.3 is 15.4 Å². The van der Waals surface area contributed by atoms with Crippen LogP contribution in [0.1, 0.15) is 6.92 Å². The first-order valence-corrected chi connectivity index (χ1v) is 5.21. The van der Waals surface area contributed by atoms with Crippen molar-refractivity contribution in [2.24, 2.45) is 11.7 Å². The van der Waals surface area contributed by atoms with E-state index >= 15 is 0 Å². The van der Waals surface area contributed by atoms with Crippen LogP contribution in [0.3, 0.4) is 0 Å². The van der Waals surface area contributed by atoms with Gasteiger partial charge in [-0.25, -0.2) is 0 Å². The van der Waals surface area contributed by atoms with E-state index in [2.05, 4.69) is 0 Å². The standard InChI is InChI=1S/C12H18N2O2/c1-9(8-13)12(15)14(2)10-5-4-6-11(7-10)16-3/h4-7,9H,8,13H2,1-3H3. The van der Waals surface area contributed by atoms with Crippen molar-refractivity contribution in [3.63, 3.8) is 0 Å². The zero-order chi connectivity index (χ0) is 12.1. The van der Waals surface area contributed by atoms with E-state index in [1.165, 1.54) is 0 Å². The van der Waals surface area contributed by atoms with Crippen LogP contribution in [0.4, 0.5) is 5.69 Å². The van der Waals surface area contributed by atoms with Crippen LogP contribution < -0.4 is 15.4 Å². The quantitative estimate of drug-likeness (QED) is 0.834. The Balaban J connectivity index is 2.87. The summed E-state index contributed by atoms with van der Waals surface area (Å²) in [5.74, 6) is 0.574. The van der Waals surface area contributed by atoms with Gasteiger partial charge in [0.1, 0.15) is 5.75 Å². The zero-order valence-corrected chi connectivity index (χ0v) is 9.93. The molecule has 0 radical (unpaired) electrons. The number of amides is 1. The third kappa shape index (κ3) is 2.73. The summed E-state index contributed by atoms with van der Waals surface area (Å²) in [5, 5.41) is 0. The lowest BCUT2D eigenvalue weighted by Gasteiger charge is -2.21. The molecule has 1 amide bonds. The Bertz CT molecular complexity index is 366. The maximum atomic E-state index is 11.9. The highest BCUT2D eigenvalue weighted by atomic mass is 16.5. The second-order valence-corrected chi connectivity index (χ2v) is 3.74. The molecule has 0 saturated carbocycles. The fraction of sp³-hybridized carbons (Fsp3) is 0.417. The molecule has 0 aliphatic heterocycles. The normalized spacial score (nSPS) is 12.0. The van der Waals surface area contributed by atoms with Crippen molar-refractivity contribution in [2.75, 3.05) is 25.6 Å². The minimum Gasteiger partial charge on any atom is -0.497 e. The number of rotatable bonds is 4. The van der Waals surface area contributed by atoms with E-state index in [9.17, 15) is 4.79 Å². The molecule has 1 rings (SSSR count). The van der Waals surface area contributed by atoms with Gasteiger partial charge in [-0.15, -0.1) is 0 Å². The fourth-order valence-corrected chi connectivity index (χ4v) is 1.38. The zero-order valence-electron chi connectivity index (χ0n) is 9.93. The Morgan fingerprint density at radius 3 is 2.81 bits per heavy atom. The average Bonchev–Trinajstić information content (AvgIpc) is 2.36. The van der Waals surface area contributed by atoms with Gasteiger partial charge in [0.2, 0.25) is 5.91 Å². The maximum Gasteiger partial charge on any atom is 0.230 e. The second kappa shape index (κ2) is 5.51. The number of benzene rings is 1. The van der Waals surface area contributed by atoms with Gasteiger partial charge in [-0.1, -0.05) is 13.0 Å². The van der Waals surface area contributed by atoms with Crippen LogP contribution in [0.15, 0.2) is 24.3 Å². The molecule has 1 atom stereocenters. The summed E-state index contributed by atoms with van der Waals surface area (Å²) < 4.78 is 5.11. The van der Waals surface area contributed by atoms with Crippen molar-refractivity contribution in [2.45, 2.75) is 6.92 Å². The van der Waals surface area contributed by atoms with E-state index in [1.54, 1.807) is 19.1 Å². The monoisotopic (exact) mass is 222 g/mol. The summed E-state index contributed by atoms with van der Waals surface area (Å²) in [6, 6.07) is 7.38. The summed E-state index contributed by atoms with van der Waals surface area (Å²) in [6.07, 6.45) is 0. The van der Waals surface area contributed by atoms with Crippen molar-refractivity contribution in [1.82, 2.24) is 0 Å². The average molecular weight is 222 g/mol. The number of nitrogens with zero attached hydrogens (tertiary/aromatic N) is 1. The van der Waals surface area contributed by atoms with E-state index in [4.69, 9.17) is 10.5 Å². The molecule has 1 unspecified atom stereocenters. The molecule has 1 aromatic carbocycles. The molecule has 88 valence electrons. The van der Waals surface area contributed by atoms with Crippen LogP contribution in [0.25, 0.3) is 0 Å². The minimum absolute atomic E-state index is 0.00996. The Morgan fingerprint density at radius 2 is 2.25 bits per heavy atom. The van der Waals surface area contributed by atoms with Crippen molar-refractivity contribution in [1.29, 1.82) is 0 Å². The molecular weight excluding hydrogens is 204 g/mol. The molecule has 16 heavy (non-hydrogen) atoms. The number of hydrogen-bond donors (Lipinski definition) is 1. The molecular formula is C12H18N2O2. The summed E-state index contributed by atoms with van der Waals surface area (Å²) in [4.78, 5) is 13.5.